The fourth-order valence-corrected chi connectivity index (χ4v) is 4.01. The van der Waals surface area contributed by atoms with Crippen LogP contribution in [-0.2, 0) is 9.59 Å². The molecule has 2 amide bonds. The van der Waals surface area contributed by atoms with E-state index < -0.39 is 27.6 Å². The molecule has 0 bridgehead atoms. The maximum absolute atomic E-state index is 13.4. The van der Waals surface area contributed by atoms with E-state index in [1.165, 1.54) is 10.7 Å². The van der Waals surface area contributed by atoms with Crippen molar-refractivity contribution in [3.63, 3.8) is 0 Å². The average molecular weight is 472 g/mol. The second-order valence-electron chi connectivity index (χ2n) is 6.16. The Morgan fingerprint density at radius 3 is 2.58 bits per heavy atom. The Labute approximate surface area is 186 Å². The largest absolute Gasteiger partial charge is 0.343 e. The van der Waals surface area contributed by atoms with Crippen molar-refractivity contribution in [1.82, 2.24) is 19.8 Å². The smallest absolute Gasteiger partial charge is 0.306 e. The molecule has 2 rings (SSSR count). The number of amides is 2. The lowest BCUT2D eigenvalue weighted by Crippen LogP contribution is -2.32. The first-order valence-electron chi connectivity index (χ1n) is 9.20. The standard InChI is InChI=1S/C17H22FN7O4S2/c1-4-23(5-2)14(26)9-30-16-21-22-17(24(16)19)31-10(3)15(27)20-11-6-7-12(18)13(8-11)25(28)29/h6-8,10H,4-5,9,19H2,1-3H3,(H,20,27)/t10-/m1/s1. The molecule has 0 aliphatic rings. The molecule has 1 aromatic heterocycles. The summed E-state index contributed by atoms with van der Waals surface area (Å²) in [6.45, 7) is 6.58. The van der Waals surface area contributed by atoms with Gasteiger partial charge in [-0.05, 0) is 32.9 Å². The van der Waals surface area contributed by atoms with Crippen molar-refractivity contribution in [2.24, 2.45) is 0 Å². The van der Waals surface area contributed by atoms with Crippen molar-refractivity contribution < 1.29 is 18.9 Å². The molecule has 0 aliphatic carbocycles. The Morgan fingerprint density at radius 1 is 1.32 bits per heavy atom. The van der Waals surface area contributed by atoms with Gasteiger partial charge in [0.1, 0.15) is 0 Å². The summed E-state index contributed by atoms with van der Waals surface area (Å²) in [7, 11) is 0. The first-order valence-corrected chi connectivity index (χ1v) is 11.1. The minimum Gasteiger partial charge on any atom is -0.343 e. The van der Waals surface area contributed by atoms with Crippen LogP contribution in [0.5, 0.6) is 0 Å². The quantitative estimate of drug-likeness (QED) is 0.230. The summed E-state index contributed by atoms with van der Waals surface area (Å²) >= 11 is 2.16. The molecule has 1 aromatic carbocycles. The third kappa shape index (κ3) is 6.30. The zero-order chi connectivity index (χ0) is 23.1. The number of carbonyl (C=O) groups is 2. The van der Waals surface area contributed by atoms with Crippen LogP contribution in [0.15, 0.2) is 28.5 Å². The van der Waals surface area contributed by atoms with Crippen molar-refractivity contribution in [3.05, 3.63) is 34.1 Å². The molecule has 0 spiro atoms. The lowest BCUT2D eigenvalue weighted by Gasteiger charge is -2.17. The van der Waals surface area contributed by atoms with Gasteiger partial charge in [0.2, 0.25) is 27.9 Å². The Kier molecular flexibility index (Phi) is 8.62. The summed E-state index contributed by atoms with van der Waals surface area (Å²) in [6.07, 6.45) is 0. The van der Waals surface area contributed by atoms with Crippen LogP contribution in [0.1, 0.15) is 20.8 Å². The van der Waals surface area contributed by atoms with E-state index in [0.29, 0.717) is 18.2 Å². The highest BCUT2D eigenvalue weighted by atomic mass is 32.2. The van der Waals surface area contributed by atoms with Gasteiger partial charge in [-0.1, -0.05) is 23.5 Å². The predicted molar refractivity (Wildman–Crippen MR) is 116 cm³/mol. The number of nitrogens with zero attached hydrogens (tertiary/aromatic N) is 5. The van der Waals surface area contributed by atoms with Crippen LogP contribution in [0.4, 0.5) is 15.8 Å². The molecule has 0 unspecified atom stereocenters. The Balaban J connectivity index is 1.98. The van der Waals surface area contributed by atoms with Gasteiger partial charge in [0.25, 0.3) is 0 Å². The first kappa shape index (κ1) is 24.4. The fraction of sp³-hybridized carbons (Fsp3) is 0.412. The normalized spacial score (nSPS) is 11.7. The molecule has 31 heavy (non-hydrogen) atoms. The average Bonchev–Trinajstić information content (AvgIpc) is 3.07. The molecule has 11 nitrogen and oxygen atoms in total. The van der Waals surface area contributed by atoms with Crippen LogP contribution >= 0.6 is 23.5 Å². The summed E-state index contributed by atoms with van der Waals surface area (Å²) < 4.78 is 14.6. The summed E-state index contributed by atoms with van der Waals surface area (Å²) in [5.74, 6) is 4.60. The molecule has 168 valence electrons. The SMILES string of the molecule is CCN(CC)C(=O)CSc1nnc(S[C@H](C)C(=O)Nc2ccc(F)c([N+](=O)[O-])c2)n1N. The molecule has 1 atom stereocenters. The monoisotopic (exact) mass is 471 g/mol. The predicted octanol–water partition coefficient (Wildman–Crippen LogP) is 2.12. The molecule has 0 saturated carbocycles. The number of nitrogen functional groups attached to an aromatic ring is 1. The second kappa shape index (κ2) is 10.9. The fourth-order valence-electron chi connectivity index (χ4n) is 2.42. The van der Waals surface area contributed by atoms with Crippen LogP contribution in [-0.4, -0.2) is 60.6 Å². The topological polar surface area (TPSA) is 149 Å². The van der Waals surface area contributed by atoms with Gasteiger partial charge in [0, 0.05) is 24.8 Å². The van der Waals surface area contributed by atoms with Crippen molar-refractivity contribution in [2.45, 2.75) is 36.3 Å². The van der Waals surface area contributed by atoms with E-state index in [4.69, 9.17) is 5.84 Å². The van der Waals surface area contributed by atoms with Gasteiger partial charge in [-0.25, -0.2) is 4.68 Å². The van der Waals surface area contributed by atoms with E-state index in [1.807, 2.05) is 13.8 Å². The minimum atomic E-state index is -0.994. The number of aromatic nitrogens is 3. The molecule has 3 N–H and O–H groups in total. The van der Waals surface area contributed by atoms with Crippen LogP contribution in [0, 0.1) is 15.9 Å². The number of nitro groups is 1. The summed E-state index contributed by atoms with van der Waals surface area (Å²) in [4.78, 5) is 36.2. The maximum Gasteiger partial charge on any atom is 0.306 e. The van der Waals surface area contributed by atoms with Gasteiger partial charge < -0.3 is 16.1 Å². The Morgan fingerprint density at radius 2 is 1.97 bits per heavy atom. The zero-order valence-electron chi connectivity index (χ0n) is 17.1. The highest BCUT2D eigenvalue weighted by Crippen LogP contribution is 2.26. The molecule has 0 aliphatic heterocycles. The van der Waals surface area contributed by atoms with Crippen LogP contribution in [0.2, 0.25) is 0 Å². The van der Waals surface area contributed by atoms with Crippen LogP contribution < -0.4 is 11.2 Å². The number of hydrogen-bond acceptors (Lipinski definition) is 9. The first-order chi connectivity index (χ1) is 14.7. The van der Waals surface area contributed by atoms with Crippen molar-refractivity contribution in [2.75, 3.05) is 30.0 Å². The lowest BCUT2D eigenvalue weighted by molar-refractivity contribution is -0.387. The number of hydrogen-bond donors (Lipinski definition) is 2. The summed E-state index contributed by atoms with van der Waals surface area (Å²) in [5, 5.41) is 21.1. The van der Waals surface area contributed by atoms with Gasteiger partial charge in [-0.2, -0.15) is 4.39 Å². The number of halogens is 1. The molecule has 14 heteroatoms. The molecule has 1 heterocycles. The third-order valence-electron chi connectivity index (χ3n) is 4.14. The van der Waals surface area contributed by atoms with E-state index in [9.17, 15) is 24.1 Å². The summed E-state index contributed by atoms with van der Waals surface area (Å²) in [6, 6.07) is 3.08. The Bertz CT molecular complexity index is 968. The highest BCUT2D eigenvalue weighted by molar-refractivity contribution is 8.00. The number of thioether (sulfide) groups is 2. The van der Waals surface area contributed by atoms with Gasteiger partial charge in [-0.15, -0.1) is 10.2 Å². The second-order valence-corrected chi connectivity index (χ2v) is 8.41. The third-order valence-corrected chi connectivity index (χ3v) is 6.12. The van der Waals surface area contributed by atoms with E-state index in [1.54, 1.807) is 11.8 Å². The molecule has 0 fully saturated rings. The van der Waals surface area contributed by atoms with Crippen LogP contribution in [0.3, 0.4) is 0 Å². The van der Waals surface area contributed by atoms with Crippen molar-refractivity contribution >= 4 is 46.7 Å². The number of nitro benzene ring substituents is 1. The number of anilines is 1. The highest BCUT2D eigenvalue weighted by Gasteiger charge is 2.22. The molecule has 0 saturated heterocycles. The number of rotatable bonds is 10. The van der Waals surface area contributed by atoms with E-state index in [0.717, 1.165) is 35.7 Å². The van der Waals surface area contributed by atoms with E-state index in [2.05, 4.69) is 15.5 Å². The summed E-state index contributed by atoms with van der Waals surface area (Å²) in [5.41, 5.74) is -0.647. The Hall–Kier alpha value is -2.87. The van der Waals surface area contributed by atoms with Crippen molar-refractivity contribution in [1.29, 1.82) is 0 Å². The van der Waals surface area contributed by atoms with Gasteiger partial charge in [-0.3, -0.25) is 19.7 Å². The number of benzene rings is 1. The zero-order valence-corrected chi connectivity index (χ0v) is 18.7. The van der Waals surface area contributed by atoms with Gasteiger partial charge >= 0.3 is 5.69 Å². The lowest BCUT2D eigenvalue weighted by atomic mass is 10.2. The molecular formula is C17H22FN7O4S2. The molecular weight excluding hydrogens is 449 g/mol. The van der Waals surface area contributed by atoms with Gasteiger partial charge in [0.15, 0.2) is 0 Å². The van der Waals surface area contributed by atoms with Crippen LogP contribution in [0.25, 0.3) is 0 Å². The van der Waals surface area contributed by atoms with Crippen molar-refractivity contribution in [3.8, 4) is 0 Å². The maximum atomic E-state index is 13.4. The minimum absolute atomic E-state index is 0.0478. The van der Waals surface area contributed by atoms with E-state index >= 15 is 0 Å². The van der Waals surface area contributed by atoms with Gasteiger partial charge in [0.05, 0.1) is 15.9 Å². The number of nitrogens with two attached hydrogens (primary N) is 1. The van der Waals surface area contributed by atoms with E-state index in [-0.39, 0.29) is 22.5 Å². The number of carbonyl (C=O) groups excluding carboxylic acids is 2. The molecule has 2 aromatic rings. The number of nitrogens with one attached hydrogen (secondary N) is 1. The molecule has 0 radical (unpaired) electrons.